The van der Waals surface area contributed by atoms with Crippen molar-refractivity contribution in [1.29, 1.82) is 0 Å². The van der Waals surface area contributed by atoms with Crippen molar-refractivity contribution in [3.05, 3.63) is 24.2 Å². The van der Waals surface area contributed by atoms with Gasteiger partial charge in [-0.2, -0.15) is 5.10 Å². The van der Waals surface area contributed by atoms with Gasteiger partial charge in [0.1, 0.15) is 30.2 Å². The molecular formula is C14H24N4O5. The molecule has 0 aromatic carbocycles. The number of fused-ring (bicyclic) bond motifs is 1. The molecule has 0 spiro atoms. The third-order valence-corrected chi connectivity index (χ3v) is 3.29. The van der Waals surface area contributed by atoms with Gasteiger partial charge in [0.25, 0.3) is 0 Å². The van der Waals surface area contributed by atoms with Gasteiger partial charge >= 0.3 is 0 Å². The zero-order valence-corrected chi connectivity index (χ0v) is 13.5. The van der Waals surface area contributed by atoms with Gasteiger partial charge in [-0.1, -0.05) is 0 Å². The number of rotatable bonds is 6. The number of aromatic nitrogens is 3. The van der Waals surface area contributed by atoms with Crippen molar-refractivity contribution < 1.29 is 24.8 Å². The maximum absolute atomic E-state index is 10.1. The minimum absolute atomic E-state index is 0.272. The monoisotopic (exact) mass is 328 g/mol. The highest BCUT2D eigenvalue weighted by molar-refractivity contribution is 5.65. The van der Waals surface area contributed by atoms with Crippen LogP contribution in [0, 0.1) is 0 Å². The number of ether oxygens (including phenoxy) is 2. The molecule has 0 aliphatic heterocycles. The summed E-state index contributed by atoms with van der Waals surface area (Å²) in [5, 5.41) is 33.1. The second-order valence-corrected chi connectivity index (χ2v) is 4.67. The molecule has 0 amide bonds. The largest absolute Gasteiger partial charge is 0.394 e. The number of nitrogen functional groups attached to an aromatic ring is 1. The fraction of sp³-hybridized carbons (Fsp3) is 0.571. The van der Waals surface area contributed by atoms with Crippen molar-refractivity contribution in [2.24, 2.45) is 0 Å². The third-order valence-electron chi connectivity index (χ3n) is 3.29. The van der Waals surface area contributed by atoms with Crippen LogP contribution in [0.3, 0.4) is 0 Å². The lowest BCUT2D eigenvalue weighted by Crippen LogP contribution is -2.36. The van der Waals surface area contributed by atoms with E-state index in [-0.39, 0.29) is 5.82 Å². The summed E-state index contributed by atoms with van der Waals surface area (Å²) in [6.07, 6.45) is -2.19. The van der Waals surface area contributed by atoms with E-state index in [1.807, 2.05) is 6.92 Å². The summed E-state index contributed by atoms with van der Waals surface area (Å²) in [5.74, 6) is 0.272. The summed E-state index contributed by atoms with van der Waals surface area (Å²) >= 11 is 0. The topological polar surface area (TPSA) is 135 Å². The molecule has 9 heteroatoms. The Morgan fingerprint density at radius 2 is 1.96 bits per heavy atom. The first-order valence-corrected chi connectivity index (χ1v) is 7.08. The van der Waals surface area contributed by atoms with Gasteiger partial charge in [0.05, 0.1) is 12.3 Å². The Balaban J connectivity index is 0.000000593. The van der Waals surface area contributed by atoms with E-state index in [1.54, 1.807) is 19.2 Å². The lowest BCUT2D eigenvalue weighted by molar-refractivity contribution is -0.0953. The second-order valence-electron chi connectivity index (χ2n) is 4.67. The molecule has 2 rings (SSSR count). The van der Waals surface area contributed by atoms with Crippen molar-refractivity contribution >= 4 is 11.3 Å². The molecule has 3 atom stereocenters. The Hall–Kier alpha value is -1.78. The maximum Gasteiger partial charge on any atom is 0.151 e. The van der Waals surface area contributed by atoms with Gasteiger partial charge in [0.2, 0.25) is 0 Å². The van der Waals surface area contributed by atoms with Gasteiger partial charge in [-0.3, -0.25) is 0 Å². The van der Waals surface area contributed by atoms with E-state index >= 15 is 0 Å². The van der Waals surface area contributed by atoms with Crippen molar-refractivity contribution in [3.8, 4) is 0 Å². The minimum atomic E-state index is -1.29. The molecule has 9 nitrogen and oxygen atoms in total. The third kappa shape index (κ3) is 4.60. The van der Waals surface area contributed by atoms with Crippen LogP contribution in [0.15, 0.2) is 18.5 Å². The number of anilines is 1. The van der Waals surface area contributed by atoms with Crippen molar-refractivity contribution in [2.45, 2.75) is 25.2 Å². The lowest BCUT2D eigenvalue weighted by atomic mass is 10.1. The van der Waals surface area contributed by atoms with E-state index in [2.05, 4.69) is 14.8 Å². The molecule has 23 heavy (non-hydrogen) atoms. The molecule has 2 aromatic rings. The molecule has 0 aliphatic rings. The SMILES string of the molecule is CCOC.COC(CO)[C@@H](O)[C@@H](O)c1ccc2c(N)ncnn12. The van der Waals surface area contributed by atoms with Gasteiger partial charge in [0.15, 0.2) is 5.82 Å². The quantitative estimate of drug-likeness (QED) is 0.550. The average molecular weight is 328 g/mol. The highest BCUT2D eigenvalue weighted by Crippen LogP contribution is 2.23. The normalized spacial score (nSPS) is 14.9. The maximum atomic E-state index is 10.1. The average Bonchev–Trinajstić information content (AvgIpc) is 3.01. The van der Waals surface area contributed by atoms with Crippen LogP contribution in [-0.2, 0) is 9.47 Å². The highest BCUT2D eigenvalue weighted by Gasteiger charge is 2.29. The van der Waals surface area contributed by atoms with Crippen LogP contribution in [0.25, 0.3) is 5.52 Å². The predicted molar refractivity (Wildman–Crippen MR) is 83.8 cm³/mol. The van der Waals surface area contributed by atoms with Crippen LogP contribution in [0.4, 0.5) is 5.82 Å². The Morgan fingerprint density at radius 3 is 2.48 bits per heavy atom. The number of aliphatic hydroxyl groups excluding tert-OH is 3. The second kappa shape index (κ2) is 9.38. The molecule has 0 saturated heterocycles. The van der Waals surface area contributed by atoms with E-state index in [9.17, 15) is 10.2 Å². The minimum Gasteiger partial charge on any atom is -0.394 e. The Labute approximate surface area is 134 Å². The predicted octanol–water partition coefficient (Wildman–Crippen LogP) is -0.634. The summed E-state index contributed by atoms with van der Waals surface area (Å²) in [4.78, 5) is 3.83. The number of hydrogen-bond acceptors (Lipinski definition) is 8. The summed E-state index contributed by atoms with van der Waals surface area (Å²) in [7, 11) is 3.02. The Kier molecular flexibility index (Phi) is 7.86. The molecule has 0 fully saturated rings. The standard InChI is InChI=1S/C11H16N4O4.C3H8O/c1-19-8(4-16)10(18)9(17)6-2-3-7-11(12)13-5-14-15(6)7;1-3-4-2/h2-3,5,8-10,16-18H,4H2,1H3,(H2,12,13,14);3H2,1-2H3/t8?,9-,10+;/m0./s1. The number of aliphatic hydroxyl groups is 3. The molecule has 2 heterocycles. The number of nitrogens with two attached hydrogens (primary N) is 1. The van der Waals surface area contributed by atoms with Crippen LogP contribution in [0.2, 0.25) is 0 Å². The van der Waals surface area contributed by atoms with E-state index in [0.717, 1.165) is 6.61 Å². The first-order chi connectivity index (χ1) is 11.0. The van der Waals surface area contributed by atoms with E-state index < -0.39 is 24.9 Å². The molecule has 0 radical (unpaired) electrons. The Morgan fingerprint density at radius 1 is 1.30 bits per heavy atom. The molecule has 0 aliphatic carbocycles. The first kappa shape index (κ1) is 19.3. The summed E-state index contributed by atoms with van der Waals surface area (Å²) in [5.41, 5.74) is 6.55. The van der Waals surface area contributed by atoms with Gasteiger partial charge in [-0.15, -0.1) is 0 Å². The van der Waals surface area contributed by atoms with E-state index in [4.69, 9.17) is 15.6 Å². The van der Waals surface area contributed by atoms with E-state index in [0.29, 0.717) is 11.2 Å². The first-order valence-electron chi connectivity index (χ1n) is 7.08. The zero-order valence-electron chi connectivity index (χ0n) is 13.5. The van der Waals surface area contributed by atoms with Gasteiger partial charge in [-0.05, 0) is 19.1 Å². The van der Waals surface area contributed by atoms with Gasteiger partial charge < -0.3 is 30.5 Å². The fourth-order valence-corrected chi connectivity index (χ4v) is 1.90. The van der Waals surface area contributed by atoms with Crippen molar-refractivity contribution in [1.82, 2.24) is 14.6 Å². The molecular weight excluding hydrogens is 304 g/mol. The van der Waals surface area contributed by atoms with Crippen LogP contribution in [0.5, 0.6) is 0 Å². The lowest BCUT2D eigenvalue weighted by Gasteiger charge is -2.23. The number of methoxy groups -OCH3 is 2. The molecule has 130 valence electrons. The molecule has 0 bridgehead atoms. The summed E-state index contributed by atoms with van der Waals surface area (Å²) in [6, 6.07) is 3.22. The van der Waals surface area contributed by atoms with Crippen molar-refractivity contribution in [2.75, 3.05) is 33.2 Å². The van der Waals surface area contributed by atoms with Gasteiger partial charge in [0, 0.05) is 20.8 Å². The summed E-state index contributed by atoms with van der Waals surface area (Å²) < 4.78 is 10.8. The molecule has 0 saturated carbocycles. The molecule has 2 aromatic heterocycles. The van der Waals surface area contributed by atoms with E-state index in [1.165, 1.54) is 18.0 Å². The van der Waals surface area contributed by atoms with Crippen LogP contribution < -0.4 is 5.73 Å². The zero-order chi connectivity index (χ0) is 17.4. The summed E-state index contributed by atoms with van der Waals surface area (Å²) in [6.45, 7) is 2.37. The van der Waals surface area contributed by atoms with Gasteiger partial charge in [-0.25, -0.2) is 9.50 Å². The van der Waals surface area contributed by atoms with Crippen LogP contribution in [-0.4, -0.2) is 69.6 Å². The molecule has 1 unspecified atom stereocenters. The van der Waals surface area contributed by atoms with Crippen LogP contribution in [0.1, 0.15) is 18.7 Å². The number of hydrogen-bond donors (Lipinski definition) is 4. The number of nitrogens with zero attached hydrogens (tertiary/aromatic N) is 3. The molecule has 5 N–H and O–H groups in total. The van der Waals surface area contributed by atoms with Crippen LogP contribution >= 0.6 is 0 Å². The van der Waals surface area contributed by atoms with Crippen molar-refractivity contribution in [3.63, 3.8) is 0 Å². The fourth-order valence-electron chi connectivity index (χ4n) is 1.90. The Bertz CT molecular complexity index is 586. The highest BCUT2D eigenvalue weighted by atomic mass is 16.5. The smallest absolute Gasteiger partial charge is 0.151 e.